The van der Waals surface area contributed by atoms with E-state index in [0.29, 0.717) is 16.9 Å². The molecule has 1 aliphatic carbocycles. The van der Waals surface area contributed by atoms with Crippen LogP contribution < -0.4 is 5.32 Å². The molecule has 1 saturated carbocycles. The Hall–Kier alpha value is -3.09. The molecule has 25 heavy (non-hydrogen) atoms. The summed E-state index contributed by atoms with van der Waals surface area (Å²) in [6, 6.07) is 8.48. The summed E-state index contributed by atoms with van der Waals surface area (Å²) in [5.41, 5.74) is 2.72. The number of aryl methyl sites for hydroxylation is 1. The molecule has 1 aliphatic rings. The second-order valence-electron chi connectivity index (χ2n) is 6.12. The van der Waals surface area contributed by atoms with Gasteiger partial charge < -0.3 is 5.32 Å². The summed E-state index contributed by atoms with van der Waals surface area (Å²) in [6.45, 7) is 1.68. The molecule has 0 spiro atoms. The molecule has 1 aromatic carbocycles. The van der Waals surface area contributed by atoms with Gasteiger partial charge in [0.15, 0.2) is 5.69 Å². The van der Waals surface area contributed by atoms with Gasteiger partial charge in [-0.15, -0.1) is 5.10 Å². The zero-order valence-electron chi connectivity index (χ0n) is 13.6. The topological polar surface area (TPSA) is 72.7 Å². The molecule has 0 bridgehead atoms. The number of halogens is 1. The molecule has 0 atom stereocenters. The van der Waals surface area contributed by atoms with E-state index in [1.165, 1.54) is 6.07 Å². The summed E-state index contributed by atoms with van der Waals surface area (Å²) >= 11 is 0. The van der Waals surface area contributed by atoms with Crippen molar-refractivity contribution in [1.29, 1.82) is 0 Å². The molecule has 4 rings (SSSR count). The average Bonchev–Trinajstić information content (AvgIpc) is 3.32. The van der Waals surface area contributed by atoms with Gasteiger partial charge in [0.1, 0.15) is 11.5 Å². The molecule has 0 unspecified atom stereocenters. The smallest absolute Gasteiger partial charge is 0.274 e. The fraction of sp³-hybridized carbons (Fsp3) is 0.222. The minimum Gasteiger partial charge on any atom is -0.348 e. The summed E-state index contributed by atoms with van der Waals surface area (Å²) in [5, 5.41) is 11.2. The summed E-state index contributed by atoms with van der Waals surface area (Å²) in [6.07, 6.45) is 5.26. The average molecular weight is 337 g/mol. The van der Waals surface area contributed by atoms with Crippen molar-refractivity contribution < 1.29 is 9.18 Å². The summed E-state index contributed by atoms with van der Waals surface area (Å²) in [5.74, 6) is -0.541. The Morgan fingerprint density at radius 2 is 2.00 bits per heavy atom. The number of benzene rings is 1. The van der Waals surface area contributed by atoms with Gasteiger partial charge in [-0.1, -0.05) is 5.21 Å². The molecule has 0 radical (unpaired) electrons. The minimum absolute atomic E-state index is 0.219. The van der Waals surface area contributed by atoms with Crippen LogP contribution in [0, 0.1) is 12.7 Å². The monoisotopic (exact) mass is 337 g/mol. The van der Waals surface area contributed by atoms with Crippen molar-refractivity contribution in [2.24, 2.45) is 0 Å². The molecule has 0 saturated heterocycles. The van der Waals surface area contributed by atoms with Crippen LogP contribution in [0.5, 0.6) is 0 Å². The Morgan fingerprint density at radius 1 is 1.24 bits per heavy atom. The number of carbonyl (C=O) groups excluding carboxylic acids is 1. The summed E-state index contributed by atoms with van der Waals surface area (Å²) < 4.78 is 15.2. The van der Waals surface area contributed by atoms with Crippen LogP contribution in [0.4, 0.5) is 4.39 Å². The van der Waals surface area contributed by atoms with Crippen LogP contribution in [-0.2, 0) is 0 Å². The van der Waals surface area contributed by atoms with E-state index >= 15 is 0 Å². The van der Waals surface area contributed by atoms with Crippen molar-refractivity contribution in [3.05, 3.63) is 59.8 Å². The summed E-state index contributed by atoms with van der Waals surface area (Å²) in [4.78, 5) is 16.6. The highest BCUT2D eigenvalue weighted by molar-refractivity contribution is 5.98. The SMILES string of the molecule is Cc1cc(-n2nnc(C(=O)NC3CC3)c2-c2ccncc2)ccc1F. The van der Waals surface area contributed by atoms with Crippen LogP contribution in [0.1, 0.15) is 28.9 Å². The van der Waals surface area contributed by atoms with E-state index in [9.17, 15) is 9.18 Å². The first kappa shape index (κ1) is 15.4. The number of pyridine rings is 1. The molecule has 126 valence electrons. The molecular formula is C18H16FN5O. The maximum Gasteiger partial charge on any atom is 0.274 e. The number of amides is 1. The van der Waals surface area contributed by atoms with Crippen LogP contribution in [0.25, 0.3) is 16.9 Å². The molecule has 2 aromatic heterocycles. The third kappa shape index (κ3) is 3.00. The van der Waals surface area contributed by atoms with Gasteiger partial charge in [0.25, 0.3) is 5.91 Å². The lowest BCUT2D eigenvalue weighted by Gasteiger charge is -2.09. The van der Waals surface area contributed by atoms with Crippen LogP contribution in [0.15, 0.2) is 42.7 Å². The van der Waals surface area contributed by atoms with Gasteiger partial charge in [-0.2, -0.15) is 0 Å². The van der Waals surface area contributed by atoms with Crippen molar-refractivity contribution in [2.45, 2.75) is 25.8 Å². The normalized spacial score (nSPS) is 13.7. The highest BCUT2D eigenvalue weighted by Gasteiger charge is 2.28. The van der Waals surface area contributed by atoms with Gasteiger partial charge >= 0.3 is 0 Å². The van der Waals surface area contributed by atoms with E-state index < -0.39 is 0 Å². The van der Waals surface area contributed by atoms with Crippen LogP contribution in [-0.4, -0.2) is 31.9 Å². The third-order valence-electron chi connectivity index (χ3n) is 4.14. The molecule has 6 nitrogen and oxygen atoms in total. The Labute approximate surface area is 143 Å². The lowest BCUT2D eigenvalue weighted by atomic mass is 10.1. The van der Waals surface area contributed by atoms with Crippen molar-refractivity contribution in [2.75, 3.05) is 0 Å². The maximum atomic E-state index is 13.6. The number of aromatic nitrogens is 4. The highest BCUT2D eigenvalue weighted by Crippen LogP contribution is 2.27. The number of carbonyl (C=O) groups is 1. The fourth-order valence-electron chi connectivity index (χ4n) is 2.63. The first-order chi connectivity index (χ1) is 12.1. The molecule has 1 amide bonds. The Balaban J connectivity index is 1.84. The van der Waals surface area contributed by atoms with Crippen molar-refractivity contribution in [3.63, 3.8) is 0 Å². The lowest BCUT2D eigenvalue weighted by Crippen LogP contribution is -2.26. The number of hydrogen-bond donors (Lipinski definition) is 1. The Kier molecular flexibility index (Phi) is 3.76. The second kappa shape index (κ2) is 6.08. The Morgan fingerprint density at radius 3 is 2.68 bits per heavy atom. The standard InChI is InChI=1S/C18H16FN5O/c1-11-10-14(4-5-15(11)19)24-17(12-6-8-20-9-7-12)16(22-23-24)18(25)21-13-2-3-13/h4-10,13H,2-3H2,1H3,(H,21,25). The van der Waals surface area contributed by atoms with Crippen molar-refractivity contribution in [1.82, 2.24) is 25.3 Å². The quantitative estimate of drug-likeness (QED) is 0.794. The van der Waals surface area contributed by atoms with Crippen molar-refractivity contribution >= 4 is 5.91 Å². The van der Waals surface area contributed by atoms with E-state index in [1.807, 2.05) is 0 Å². The number of nitrogens with one attached hydrogen (secondary N) is 1. The van der Waals surface area contributed by atoms with E-state index in [0.717, 1.165) is 18.4 Å². The zero-order valence-corrected chi connectivity index (χ0v) is 13.6. The predicted molar refractivity (Wildman–Crippen MR) is 89.8 cm³/mol. The predicted octanol–water partition coefficient (Wildman–Crippen LogP) is 2.67. The molecular weight excluding hydrogens is 321 g/mol. The molecule has 3 aromatic rings. The largest absolute Gasteiger partial charge is 0.348 e. The maximum absolute atomic E-state index is 13.6. The van der Waals surface area contributed by atoms with Gasteiger partial charge in [0.05, 0.1) is 5.69 Å². The van der Waals surface area contributed by atoms with Gasteiger partial charge in [-0.3, -0.25) is 9.78 Å². The molecule has 2 heterocycles. The van der Waals surface area contributed by atoms with Gasteiger partial charge in [-0.25, -0.2) is 9.07 Å². The number of nitrogens with zero attached hydrogens (tertiary/aromatic N) is 4. The van der Waals surface area contributed by atoms with Gasteiger partial charge in [0, 0.05) is 24.0 Å². The molecule has 0 aliphatic heterocycles. The third-order valence-corrected chi connectivity index (χ3v) is 4.14. The highest BCUT2D eigenvalue weighted by atomic mass is 19.1. The van der Waals surface area contributed by atoms with Crippen LogP contribution in [0.2, 0.25) is 0 Å². The van der Waals surface area contributed by atoms with E-state index in [-0.39, 0.29) is 23.5 Å². The molecule has 1 N–H and O–H groups in total. The zero-order chi connectivity index (χ0) is 17.4. The van der Waals surface area contributed by atoms with E-state index in [1.54, 1.807) is 48.3 Å². The van der Waals surface area contributed by atoms with Gasteiger partial charge in [0.2, 0.25) is 0 Å². The van der Waals surface area contributed by atoms with Crippen LogP contribution in [0.3, 0.4) is 0 Å². The van der Waals surface area contributed by atoms with Crippen LogP contribution >= 0.6 is 0 Å². The van der Waals surface area contributed by atoms with Gasteiger partial charge in [-0.05, 0) is 55.7 Å². The van der Waals surface area contributed by atoms with E-state index in [4.69, 9.17) is 0 Å². The fourth-order valence-corrected chi connectivity index (χ4v) is 2.63. The minimum atomic E-state index is -0.291. The summed E-state index contributed by atoms with van der Waals surface area (Å²) in [7, 11) is 0. The Bertz CT molecular complexity index is 934. The second-order valence-corrected chi connectivity index (χ2v) is 6.12. The molecule has 7 heteroatoms. The van der Waals surface area contributed by atoms with Crippen molar-refractivity contribution in [3.8, 4) is 16.9 Å². The lowest BCUT2D eigenvalue weighted by molar-refractivity contribution is 0.0946. The van der Waals surface area contributed by atoms with E-state index in [2.05, 4.69) is 20.6 Å². The number of rotatable bonds is 4. The number of hydrogen-bond acceptors (Lipinski definition) is 4. The first-order valence-electron chi connectivity index (χ1n) is 8.07. The molecule has 1 fully saturated rings. The first-order valence-corrected chi connectivity index (χ1v) is 8.07.